The minimum atomic E-state index is -4.66. The minimum absolute atomic E-state index is 0.126. The Hall–Kier alpha value is -3.18. The van der Waals surface area contributed by atoms with Crippen LogP contribution in [-0.4, -0.2) is 49.6 Å². The molecule has 1 aromatic heterocycles. The second-order valence-corrected chi connectivity index (χ2v) is 8.16. The van der Waals surface area contributed by atoms with E-state index in [1.54, 1.807) is 26.0 Å². The highest BCUT2D eigenvalue weighted by molar-refractivity contribution is 5.92. The zero-order chi connectivity index (χ0) is 25.2. The molecule has 2 heterocycles. The molecule has 0 saturated carbocycles. The summed E-state index contributed by atoms with van der Waals surface area (Å²) in [4.78, 5) is 8.86. The average molecular weight is 495 g/mol. The van der Waals surface area contributed by atoms with Crippen LogP contribution < -0.4 is 14.8 Å². The van der Waals surface area contributed by atoms with Crippen LogP contribution in [0, 0.1) is 12.7 Å². The number of ether oxygens (including phenoxy) is 4. The lowest BCUT2D eigenvalue weighted by molar-refractivity contribution is -0.137. The molecule has 0 radical (unpaired) electrons. The van der Waals surface area contributed by atoms with Gasteiger partial charge in [-0.15, -0.1) is 0 Å². The van der Waals surface area contributed by atoms with Crippen molar-refractivity contribution in [2.45, 2.75) is 32.2 Å². The molecule has 0 unspecified atom stereocenters. The number of benzene rings is 2. The Morgan fingerprint density at radius 1 is 1.11 bits per heavy atom. The molecule has 11 heteroatoms. The molecular formula is C24H25F4N3O4. The Balaban J connectivity index is 1.66. The lowest BCUT2D eigenvalue weighted by Gasteiger charge is -2.23. The predicted octanol–water partition coefficient (Wildman–Crippen LogP) is 5.07. The Kier molecular flexibility index (Phi) is 7.27. The molecule has 1 fully saturated rings. The first-order valence-electron chi connectivity index (χ1n) is 11.0. The van der Waals surface area contributed by atoms with Crippen LogP contribution in [0.3, 0.4) is 0 Å². The van der Waals surface area contributed by atoms with E-state index in [0.717, 1.165) is 12.1 Å². The van der Waals surface area contributed by atoms with Gasteiger partial charge in [-0.3, -0.25) is 0 Å². The highest BCUT2D eigenvalue weighted by Gasteiger charge is 2.32. The number of alkyl halides is 3. The molecule has 2 atom stereocenters. The van der Waals surface area contributed by atoms with Crippen molar-refractivity contribution < 1.29 is 36.5 Å². The van der Waals surface area contributed by atoms with E-state index in [1.807, 2.05) is 0 Å². The van der Waals surface area contributed by atoms with Crippen molar-refractivity contribution in [3.05, 3.63) is 53.1 Å². The van der Waals surface area contributed by atoms with E-state index in [9.17, 15) is 17.6 Å². The van der Waals surface area contributed by atoms with E-state index in [2.05, 4.69) is 15.3 Å². The zero-order valence-corrected chi connectivity index (χ0v) is 19.4. The second kappa shape index (κ2) is 10.2. The van der Waals surface area contributed by atoms with Gasteiger partial charge in [0.05, 0.1) is 44.1 Å². The van der Waals surface area contributed by atoms with Crippen molar-refractivity contribution in [3.63, 3.8) is 0 Å². The fourth-order valence-electron chi connectivity index (χ4n) is 3.77. The van der Waals surface area contributed by atoms with Gasteiger partial charge in [-0.2, -0.15) is 13.2 Å². The monoisotopic (exact) mass is 495 g/mol. The van der Waals surface area contributed by atoms with Gasteiger partial charge >= 0.3 is 6.18 Å². The summed E-state index contributed by atoms with van der Waals surface area (Å²) in [6.07, 6.45) is -4.89. The third-order valence-corrected chi connectivity index (χ3v) is 5.50. The third kappa shape index (κ3) is 5.91. The molecule has 1 aliphatic rings. The topological polar surface area (TPSA) is 74.7 Å². The number of nitrogens with one attached hydrogen (secondary N) is 1. The van der Waals surface area contributed by atoms with E-state index in [4.69, 9.17) is 18.9 Å². The van der Waals surface area contributed by atoms with Gasteiger partial charge < -0.3 is 24.3 Å². The molecule has 1 aliphatic heterocycles. The quantitative estimate of drug-likeness (QED) is 0.459. The molecule has 4 rings (SSSR count). The van der Waals surface area contributed by atoms with Crippen LogP contribution in [0.5, 0.6) is 11.5 Å². The van der Waals surface area contributed by atoms with Crippen molar-refractivity contribution in [2.24, 2.45) is 0 Å². The fourth-order valence-corrected chi connectivity index (χ4v) is 3.77. The third-order valence-electron chi connectivity index (χ3n) is 5.50. The lowest BCUT2D eigenvalue weighted by Crippen LogP contribution is -2.33. The van der Waals surface area contributed by atoms with Crippen molar-refractivity contribution in [2.75, 3.05) is 38.9 Å². The van der Waals surface area contributed by atoms with Gasteiger partial charge in [-0.05, 0) is 43.7 Å². The van der Waals surface area contributed by atoms with Crippen molar-refractivity contribution in [1.29, 1.82) is 0 Å². The number of rotatable bonds is 7. The SMILES string of the molecule is COc1cc2nc(C)nc(N[C@H](C)c3cc(F)cc(C(F)(F)F)c3)c2cc1OC[C@H]1COCCO1. The summed E-state index contributed by atoms with van der Waals surface area (Å²) in [6, 6.07) is 5.14. The molecule has 188 valence electrons. The van der Waals surface area contributed by atoms with Crippen molar-refractivity contribution in [3.8, 4) is 11.5 Å². The van der Waals surface area contributed by atoms with Gasteiger partial charge in [0.25, 0.3) is 0 Å². The summed E-state index contributed by atoms with van der Waals surface area (Å²) in [6.45, 7) is 4.98. The van der Waals surface area contributed by atoms with Crippen molar-refractivity contribution >= 4 is 16.7 Å². The van der Waals surface area contributed by atoms with Gasteiger partial charge in [0.2, 0.25) is 0 Å². The van der Waals surface area contributed by atoms with E-state index in [1.165, 1.54) is 7.11 Å². The van der Waals surface area contributed by atoms with Crippen LogP contribution >= 0.6 is 0 Å². The molecule has 0 bridgehead atoms. The van der Waals surface area contributed by atoms with Crippen LogP contribution in [0.25, 0.3) is 10.9 Å². The molecule has 1 N–H and O–H groups in total. The number of aryl methyl sites for hydroxylation is 1. The fraction of sp³-hybridized carbons (Fsp3) is 0.417. The average Bonchev–Trinajstić information content (AvgIpc) is 2.82. The summed E-state index contributed by atoms with van der Waals surface area (Å²) in [5, 5.41) is 3.65. The molecule has 35 heavy (non-hydrogen) atoms. The number of hydrogen-bond donors (Lipinski definition) is 1. The highest BCUT2D eigenvalue weighted by Crippen LogP contribution is 2.36. The molecule has 1 saturated heterocycles. The number of halogens is 4. The number of nitrogens with zero attached hydrogens (tertiary/aromatic N) is 2. The number of hydrogen-bond acceptors (Lipinski definition) is 7. The van der Waals surface area contributed by atoms with Crippen molar-refractivity contribution in [1.82, 2.24) is 9.97 Å². The molecular weight excluding hydrogens is 470 g/mol. The summed E-state index contributed by atoms with van der Waals surface area (Å²) in [7, 11) is 1.51. The number of methoxy groups -OCH3 is 1. The van der Waals surface area contributed by atoms with Crippen LogP contribution in [0.2, 0.25) is 0 Å². The lowest BCUT2D eigenvalue weighted by atomic mass is 10.0. The number of anilines is 1. The van der Waals surface area contributed by atoms with E-state index < -0.39 is 23.6 Å². The van der Waals surface area contributed by atoms with Gasteiger partial charge in [0.1, 0.15) is 30.2 Å². The summed E-state index contributed by atoms with van der Waals surface area (Å²) < 4.78 is 75.8. The van der Waals surface area contributed by atoms with Crippen LogP contribution in [0.1, 0.15) is 29.9 Å². The van der Waals surface area contributed by atoms with Crippen LogP contribution in [-0.2, 0) is 15.7 Å². The van der Waals surface area contributed by atoms with E-state index >= 15 is 0 Å². The molecule has 7 nitrogen and oxygen atoms in total. The molecule has 0 aliphatic carbocycles. The zero-order valence-electron chi connectivity index (χ0n) is 19.4. The van der Waals surface area contributed by atoms with E-state index in [-0.39, 0.29) is 18.3 Å². The summed E-state index contributed by atoms with van der Waals surface area (Å²) in [5.41, 5.74) is -0.385. The normalized spacial score (nSPS) is 17.3. The Labute approximate surface area is 199 Å². The maximum absolute atomic E-state index is 13.9. The number of fused-ring (bicyclic) bond motifs is 1. The predicted molar refractivity (Wildman–Crippen MR) is 120 cm³/mol. The van der Waals surface area contributed by atoms with E-state index in [0.29, 0.717) is 59.9 Å². The van der Waals surface area contributed by atoms with Crippen LogP contribution in [0.4, 0.5) is 23.4 Å². The maximum Gasteiger partial charge on any atom is 0.416 e. The number of aromatic nitrogens is 2. The standard InChI is InChI=1S/C24H25F4N3O4/c1-13(15-6-16(24(26,27)28)8-17(25)7-15)29-23-19-9-22(35-12-18-11-33-4-5-34-18)21(32-3)10-20(19)30-14(2)31-23/h6-10,13,18H,4-5,11-12H2,1-3H3,(H,29,30,31)/t13-,18-/m1/s1. The van der Waals surface area contributed by atoms with Gasteiger partial charge in [-0.25, -0.2) is 14.4 Å². The Morgan fingerprint density at radius 2 is 1.91 bits per heavy atom. The summed E-state index contributed by atoms with van der Waals surface area (Å²) >= 11 is 0. The maximum atomic E-state index is 13.9. The van der Waals surface area contributed by atoms with Crippen LogP contribution in [0.15, 0.2) is 30.3 Å². The van der Waals surface area contributed by atoms with Gasteiger partial charge in [0, 0.05) is 11.5 Å². The first-order valence-corrected chi connectivity index (χ1v) is 11.0. The van der Waals surface area contributed by atoms with Gasteiger partial charge in [-0.1, -0.05) is 0 Å². The molecule has 0 amide bonds. The molecule has 0 spiro atoms. The second-order valence-electron chi connectivity index (χ2n) is 8.16. The highest BCUT2D eigenvalue weighted by atomic mass is 19.4. The first kappa shape index (κ1) is 24.9. The van der Waals surface area contributed by atoms with Gasteiger partial charge in [0.15, 0.2) is 11.5 Å². The summed E-state index contributed by atoms with van der Waals surface area (Å²) in [5.74, 6) is 0.698. The Bertz CT molecular complexity index is 1200. The largest absolute Gasteiger partial charge is 0.493 e. The Morgan fingerprint density at radius 3 is 2.60 bits per heavy atom. The molecule has 2 aromatic carbocycles. The first-order chi connectivity index (χ1) is 16.6. The smallest absolute Gasteiger partial charge is 0.416 e. The molecule has 3 aromatic rings. The minimum Gasteiger partial charge on any atom is -0.493 e.